The molecule has 4 nitrogen and oxygen atoms in total. The highest BCUT2D eigenvalue weighted by atomic mass is 19.4. The number of halogens is 3. The van der Waals surface area contributed by atoms with E-state index in [1.807, 2.05) is 31.2 Å². The van der Waals surface area contributed by atoms with E-state index < -0.39 is 17.2 Å². The summed E-state index contributed by atoms with van der Waals surface area (Å²) in [5, 5.41) is 7.05. The minimum absolute atomic E-state index is 0.222. The van der Waals surface area contributed by atoms with Gasteiger partial charge in [-0.1, -0.05) is 37.6 Å². The van der Waals surface area contributed by atoms with Crippen LogP contribution in [0, 0.1) is 6.92 Å². The zero-order valence-electron chi connectivity index (χ0n) is 15.4. The molecular formula is C20H21F3N4. The Balaban J connectivity index is 1.95. The Bertz CT molecular complexity index is 898. The van der Waals surface area contributed by atoms with Gasteiger partial charge in [0.15, 0.2) is 0 Å². The molecule has 0 aliphatic rings. The van der Waals surface area contributed by atoms with Gasteiger partial charge in [-0.2, -0.15) is 18.3 Å². The minimum atomic E-state index is -4.46. The summed E-state index contributed by atoms with van der Waals surface area (Å²) in [4.78, 5) is 3.86. The van der Waals surface area contributed by atoms with Gasteiger partial charge in [-0.25, -0.2) is 4.98 Å². The molecule has 3 aromatic rings. The Morgan fingerprint density at radius 3 is 2.22 bits per heavy atom. The predicted octanol–water partition coefficient (Wildman–Crippen LogP) is 5.33. The Morgan fingerprint density at radius 1 is 0.963 bits per heavy atom. The van der Waals surface area contributed by atoms with Gasteiger partial charge >= 0.3 is 6.18 Å². The molecule has 2 aromatic carbocycles. The SMILES string of the molecule is Cc1ccc(Nc2ccc(C(C)(C)Cn3cncn3)c(C(F)(F)F)c2)cc1. The highest BCUT2D eigenvalue weighted by molar-refractivity contribution is 5.62. The Labute approximate surface area is 156 Å². The summed E-state index contributed by atoms with van der Waals surface area (Å²) < 4.78 is 42.8. The largest absolute Gasteiger partial charge is 0.416 e. The standard InChI is InChI=1S/C20H21F3N4/c1-14-4-6-15(7-5-14)26-16-8-9-17(18(10-16)20(21,22)23)19(2,3)11-27-13-24-12-25-27/h4-10,12-13,26H,11H2,1-3H3. The molecule has 0 radical (unpaired) electrons. The molecule has 0 fully saturated rings. The van der Waals surface area contributed by atoms with Crippen molar-refractivity contribution in [1.82, 2.24) is 14.8 Å². The maximum Gasteiger partial charge on any atom is 0.416 e. The van der Waals surface area contributed by atoms with Gasteiger partial charge in [0.25, 0.3) is 0 Å². The van der Waals surface area contributed by atoms with Crippen molar-refractivity contribution < 1.29 is 13.2 Å². The average Bonchev–Trinajstić information content (AvgIpc) is 3.08. The Kier molecular flexibility index (Phi) is 4.95. The van der Waals surface area contributed by atoms with Crippen LogP contribution in [-0.2, 0) is 18.1 Å². The van der Waals surface area contributed by atoms with Crippen molar-refractivity contribution in [3.63, 3.8) is 0 Å². The Hall–Kier alpha value is -2.83. The van der Waals surface area contributed by atoms with E-state index >= 15 is 0 Å². The van der Waals surface area contributed by atoms with Gasteiger partial charge in [0, 0.05) is 16.8 Å². The van der Waals surface area contributed by atoms with Crippen molar-refractivity contribution in [3.8, 4) is 0 Å². The second-order valence-corrected chi connectivity index (χ2v) is 7.23. The van der Waals surface area contributed by atoms with Crippen molar-refractivity contribution in [1.29, 1.82) is 0 Å². The number of aromatic nitrogens is 3. The van der Waals surface area contributed by atoms with Crippen LogP contribution in [0.4, 0.5) is 24.5 Å². The molecule has 0 unspecified atom stereocenters. The zero-order valence-corrected chi connectivity index (χ0v) is 15.4. The molecule has 0 spiro atoms. The van der Waals surface area contributed by atoms with E-state index in [1.54, 1.807) is 24.6 Å². The van der Waals surface area contributed by atoms with Crippen molar-refractivity contribution in [2.75, 3.05) is 5.32 Å². The molecule has 142 valence electrons. The Morgan fingerprint density at radius 2 is 1.63 bits per heavy atom. The fourth-order valence-corrected chi connectivity index (χ4v) is 3.05. The molecule has 0 aliphatic heterocycles. The first kappa shape index (κ1) is 18.9. The summed E-state index contributed by atoms with van der Waals surface area (Å²) in [5.41, 5.74) is 1.02. The number of aryl methyl sites for hydroxylation is 1. The van der Waals surface area contributed by atoms with Crippen LogP contribution >= 0.6 is 0 Å². The maximum atomic E-state index is 13.8. The van der Waals surface area contributed by atoms with E-state index in [1.165, 1.54) is 18.7 Å². The number of hydrogen-bond donors (Lipinski definition) is 1. The van der Waals surface area contributed by atoms with E-state index in [0.717, 1.165) is 17.3 Å². The van der Waals surface area contributed by atoms with Gasteiger partial charge in [-0.05, 0) is 36.8 Å². The first-order valence-electron chi connectivity index (χ1n) is 8.53. The van der Waals surface area contributed by atoms with Crippen molar-refractivity contribution in [2.24, 2.45) is 0 Å². The van der Waals surface area contributed by atoms with Crippen LogP contribution in [0.15, 0.2) is 55.1 Å². The monoisotopic (exact) mass is 374 g/mol. The number of rotatable bonds is 5. The molecule has 27 heavy (non-hydrogen) atoms. The third-order valence-electron chi connectivity index (χ3n) is 4.42. The molecule has 1 heterocycles. The van der Waals surface area contributed by atoms with Crippen molar-refractivity contribution >= 4 is 11.4 Å². The molecule has 0 bridgehead atoms. The van der Waals surface area contributed by atoms with E-state index in [9.17, 15) is 13.2 Å². The number of anilines is 2. The van der Waals surface area contributed by atoms with Crippen molar-refractivity contribution in [3.05, 3.63) is 71.8 Å². The lowest BCUT2D eigenvalue weighted by Gasteiger charge is -2.29. The lowest BCUT2D eigenvalue weighted by atomic mass is 9.81. The summed E-state index contributed by atoms with van der Waals surface area (Å²) in [6, 6.07) is 11.9. The molecular weight excluding hydrogens is 353 g/mol. The van der Waals surface area contributed by atoms with Gasteiger partial charge in [0.1, 0.15) is 12.7 Å². The van der Waals surface area contributed by atoms with Crippen LogP contribution < -0.4 is 5.32 Å². The maximum absolute atomic E-state index is 13.8. The third kappa shape index (κ3) is 4.48. The topological polar surface area (TPSA) is 42.7 Å². The lowest BCUT2D eigenvalue weighted by molar-refractivity contribution is -0.138. The highest BCUT2D eigenvalue weighted by Gasteiger charge is 2.38. The fourth-order valence-electron chi connectivity index (χ4n) is 3.05. The number of nitrogens with one attached hydrogen (secondary N) is 1. The second-order valence-electron chi connectivity index (χ2n) is 7.23. The number of hydrogen-bond acceptors (Lipinski definition) is 3. The quantitative estimate of drug-likeness (QED) is 0.657. The van der Waals surface area contributed by atoms with Gasteiger partial charge < -0.3 is 5.32 Å². The van der Waals surface area contributed by atoms with Crippen LogP contribution in [0.2, 0.25) is 0 Å². The molecule has 0 amide bonds. The fraction of sp³-hybridized carbons (Fsp3) is 0.300. The summed E-state index contributed by atoms with van der Waals surface area (Å²) in [7, 11) is 0. The second kappa shape index (κ2) is 7.06. The van der Waals surface area contributed by atoms with E-state index in [4.69, 9.17) is 0 Å². The first-order chi connectivity index (χ1) is 12.6. The van der Waals surface area contributed by atoms with Crippen molar-refractivity contribution in [2.45, 2.75) is 38.9 Å². The molecule has 1 aromatic heterocycles. The molecule has 1 N–H and O–H groups in total. The summed E-state index contributed by atoms with van der Waals surface area (Å²) >= 11 is 0. The van der Waals surface area contributed by atoms with E-state index in [-0.39, 0.29) is 5.56 Å². The smallest absolute Gasteiger partial charge is 0.356 e. The van der Waals surface area contributed by atoms with Crippen LogP contribution in [0.25, 0.3) is 0 Å². The van der Waals surface area contributed by atoms with Gasteiger partial charge in [-0.3, -0.25) is 4.68 Å². The summed E-state index contributed by atoms with van der Waals surface area (Å²) in [5.74, 6) is 0. The summed E-state index contributed by atoms with van der Waals surface area (Å²) in [6.45, 7) is 5.79. The van der Waals surface area contributed by atoms with Gasteiger partial charge in [0.05, 0.1) is 12.1 Å². The number of benzene rings is 2. The van der Waals surface area contributed by atoms with Gasteiger partial charge in [0.2, 0.25) is 0 Å². The van der Waals surface area contributed by atoms with E-state index in [2.05, 4.69) is 15.4 Å². The zero-order chi connectivity index (χ0) is 19.7. The van der Waals surface area contributed by atoms with Gasteiger partial charge in [-0.15, -0.1) is 0 Å². The minimum Gasteiger partial charge on any atom is -0.356 e. The molecule has 0 saturated carbocycles. The lowest BCUT2D eigenvalue weighted by Crippen LogP contribution is -2.28. The molecule has 3 rings (SSSR count). The number of nitrogens with zero attached hydrogens (tertiary/aromatic N) is 3. The van der Waals surface area contributed by atoms with Crippen LogP contribution in [0.5, 0.6) is 0 Å². The average molecular weight is 374 g/mol. The third-order valence-corrected chi connectivity index (χ3v) is 4.42. The normalized spacial score (nSPS) is 12.2. The first-order valence-corrected chi connectivity index (χ1v) is 8.53. The molecule has 0 atom stereocenters. The van der Waals surface area contributed by atoms with Crippen LogP contribution in [0.1, 0.15) is 30.5 Å². The molecule has 7 heteroatoms. The van der Waals surface area contributed by atoms with Crippen LogP contribution in [-0.4, -0.2) is 14.8 Å². The van der Waals surface area contributed by atoms with Crippen LogP contribution in [0.3, 0.4) is 0 Å². The molecule has 0 saturated heterocycles. The number of alkyl halides is 3. The highest BCUT2D eigenvalue weighted by Crippen LogP contribution is 2.40. The van der Waals surface area contributed by atoms with E-state index in [0.29, 0.717) is 12.2 Å². The summed E-state index contributed by atoms with van der Waals surface area (Å²) in [6.07, 6.45) is -1.59. The molecule has 0 aliphatic carbocycles. The predicted molar refractivity (Wildman–Crippen MR) is 99.0 cm³/mol.